The van der Waals surface area contributed by atoms with E-state index in [1.165, 1.54) is 0 Å². The highest BCUT2D eigenvalue weighted by Crippen LogP contribution is 2.20. The molecule has 0 aliphatic heterocycles. The quantitative estimate of drug-likeness (QED) is 0.784. The second kappa shape index (κ2) is 5.52. The van der Waals surface area contributed by atoms with Crippen LogP contribution in [0.25, 0.3) is 11.3 Å². The molecule has 0 saturated heterocycles. The molecule has 0 bridgehead atoms. The number of nitrogen functional groups attached to an aromatic ring is 1. The summed E-state index contributed by atoms with van der Waals surface area (Å²) in [6, 6.07) is 9.74. The summed E-state index contributed by atoms with van der Waals surface area (Å²) in [5.74, 6) is 0.514. The molecule has 3 aromatic rings. The van der Waals surface area contributed by atoms with Crippen LogP contribution in [0.2, 0.25) is 0 Å². The minimum absolute atomic E-state index is 0.514. The summed E-state index contributed by atoms with van der Waals surface area (Å²) in [4.78, 5) is 12.6. The van der Waals surface area contributed by atoms with Gasteiger partial charge < -0.3 is 10.3 Å². The molecule has 0 amide bonds. The molecule has 2 N–H and O–H groups in total. The van der Waals surface area contributed by atoms with Crippen molar-refractivity contribution in [3.05, 3.63) is 60.9 Å². The molecule has 0 aromatic carbocycles. The normalized spacial score (nSPS) is 10.6. The van der Waals surface area contributed by atoms with Gasteiger partial charge in [0.05, 0.1) is 18.2 Å². The number of aryl methyl sites for hydroxylation is 2. The Labute approximate surface area is 117 Å². The van der Waals surface area contributed by atoms with E-state index in [1.54, 1.807) is 6.20 Å². The second-order valence-corrected chi connectivity index (χ2v) is 4.51. The Morgan fingerprint density at radius 2 is 2.05 bits per heavy atom. The third-order valence-corrected chi connectivity index (χ3v) is 3.12. The van der Waals surface area contributed by atoms with E-state index >= 15 is 0 Å². The fourth-order valence-electron chi connectivity index (χ4n) is 2.13. The zero-order valence-electron chi connectivity index (χ0n) is 11.0. The van der Waals surface area contributed by atoms with Gasteiger partial charge in [-0.15, -0.1) is 0 Å². The fraction of sp³-hybridized carbons (Fsp3) is 0.133. The first-order valence-corrected chi connectivity index (χ1v) is 6.45. The van der Waals surface area contributed by atoms with E-state index in [0.29, 0.717) is 5.82 Å². The molecule has 0 saturated carbocycles. The number of aromatic nitrogens is 4. The van der Waals surface area contributed by atoms with E-state index in [2.05, 4.69) is 19.5 Å². The maximum Gasteiger partial charge on any atom is 0.123 e. The van der Waals surface area contributed by atoms with Crippen LogP contribution in [0.15, 0.2) is 55.2 Å². The average molecular weight is 265 g/mol. The van der Waals surface area contributed by atoms with E-state index in [9.17, 15) is 0 Å². The molecule has 0 unspecified atom stereocenters. The van der Waals surface area contributed by atoms with E-state index in [1.807, 2.05) is 49.1 Å². The zero-order chi connectivity index (χ0) is 13.8. The van der Waals surface area contributed by atoms with E-state index in [0.717, 1.165) is 29.9 Å². The van der Waals surface area contributed by atoms with E-state index in [-0.39, 0.29) is 0 Å². The summed E-state index contributed by atoms with van der Waals surface area (Å²) in [6.45, 7) is 0.828. The zero-order valence-corrected chi connectivity index (χ0v) is 11.0. The van der Waals surface area contributed by atoms with Crippen molar-refractivity contribution in [1.82, 2.24) is 19.5 Å². The van der Waals surface area contributed by atoms with Gasteiger partial charge >= 0.3 is 0 Å². The molecule has 5 heteroatoms. The Morgan fingerprint density at radius 3 is 2.85 bits per heavy atom. The molecule has 100 valence electrons. The van der Waals surface area contributed by atoms with Gasteiger partial charge in [-0.05, 0) is 24.3 Å². The minimum atomic E-state index is 0.514. The summed E-state index contributed by atoms with van der Waals surface area (Å²) >= 11 is 0. The lowest BCUT2D eigenvalue weighted by Gasteiger charge is -2.08. The summed E-state index contributed by atoms with van der Waals surface area (Å²) < 4.78 is 2.10. The largest absolute Gasteiger partial charge is 0.384 e. The first-order chi connectivity index (χ1) is 9.83. The monoisotopic (exact) mass is 265 g/mol. The van der Waals surface area contributed by atoms with Crippen LogP contribution in [0.5, 0.6) is 0 Å². The van der Waals surface area contributed by atoms with Gasteiger partial charge in [0.25, 0.3) is 0 Å². The van der Waals surface area contributed by atoms with Gasteiger partial charge in [0.15, 0.2) is 0 Å². The molecule has 0 radical (unpaired) electrons. The third-order valence-electron chi connectivity index (χ3n) is 3.12. The number of hydrogen-bond acceptors (Lipinski definition) is 4. The molecule has 0 atom stereocenters. The minimum Gasteiger partial charge on any atom is -0.384 e. The van der Waals surface area contributed by atoms with Crippen molar-refractivity contribution >= 4 is 5.82 Å². The predicted octanol–water partition coefficient (Wildman–Crippen LogP) is 2.17. The number of imidazole rings is 1. The van der Waals surface area contributed by atoms with Crippen molar-refractivity contribution in [2.75, 3.05) is 5.73 Å². The summed E-state index contributed by atoms with van der Waals surface area (Å²) in [7, 11) is 0. The number of nitrogens with zero attached hydrogens (tertiary/aromatic N) is 4. The molecule has 0 spiro atoms. The number of rotatable bonds is 4. The van der Waals surface area contributed by atoms with Gasteiger partial charge in [0.1, 0.15) is 5.82 Å². The van der Waals surface area contributed by atoms with E-state index in [4.69, 9.17) is 5.73 Å². The molecule has 0 fully saturated rings. The number of pyridine rings is 2. The lowest BCUT2D eigenvalue weighted by atomic mass is 10.2. The Hall–Kier alpha value is -2.69. The van der Waals surface area contributed by atoms with Crippen molar-refractivity contribution < 1.29 is 0 Å². The van der Waals surface area contributed by atoms with Crippen LogP contribution in [0.4, 0.5) is 5.82 Å². The molecule has 3 aromatic heterocycles. The van der Waals surface area contributed by atoms with E-state index < -0.39 is 0 Å². The standard InChI is InChI=1S/C15H15N5/c16-15-9-12(4-7-19-15)14-10-17-11-20(14)8-5-13-3-1-2-6-18-13/h1-4,6-7,9-11H,5,8H2,(H2,16,19). The second-order valence-electron chi connectivity index (χ2n) is 4.51. The number of hydrogen-bond donors (Lipinski definition) is 1. The van der Waals surface area contributed by atoms with Crippen LogP contribution < -0.4 is 5.73 Å². The third kappa shape index (κ3) is 2.66. The Bertz CT molecular complexity index is 690. The summed E-state index contributed by atoms with van der Waals surface area (Å²) in [6.07, 6.45) is 8.06. The Kier molecular flexibility index (Phi) is 3.41. The maximum atomic E-state index is 5.73. The summed E-state index contributed by atoms with van der Waals surface area (Å²) in [5.41, 5.74) is 8.86. The number of nitrogens with two attached hydrogens (primary N) is 1. The predicted molar refractivity (Wildman–Crippen MR) is 77.8 cm³/mol. The molecule has 3 heterocycles. The number of anilines is 1. The molecule has 20 heavy (non-hydrogen) atoms. The van der Waals surface area contributed by atoms with Gasteiger partial charge in [-0.2, -0.15) is 0 Å². The lowest BCUT2D eigenvalue weighted by Crippen LogP contribution is -2.03. The highest BCUT2D eigenvalue weighted by atomic mass is 15.0. The highest BCUT2D eigenvalue weighted by Gasteiger charge is 2.06. The van der Waals surface area contributed by atoms with Crippen LogP contribution in [0, 0.1) is 0 Å². The molecule has 0 aliphatic carbocycles. The first kappa shape index (κ1) is 12.3. The Balaban J connectivity index is 1.80. The van der Waals surface area contributed by atoms with Gasteiger partial charge in [0, 0.05) is 36.6 Å². The van der Waals surface area contributed by atoms with Crippen LogP contribution >= 0.6 is 0 Å². The molecule has 3 rings (SSSR count). The highest BCUT2D eigenvalue weighted by molar-refractivity contribution is 5.61. The van der Waals surface area contributed by atoms with Gasteiger partial charge in [-0.1, -0.05) is 6.07 Å². The van der Waals surface area contributed by atoms with Crippen molar-refractivity contribution in [1.29, 1.82) is 0 Å². The van der Waals surface area contributed by atoms with Crippen molar-refractivity contribution in [2.45, 2.75) is 13.0 Å². The topological polar surface area (TPSA) is 69.6 Å². The smallest absolute Gasteiger partial charge is 0.123 e. The fourth-order valence-corrected chi connectivity index (χ4v) is 2.13. The van der Waals surface area contributed by atoms with Crippen molar-refractivity contribution in [3.63, 3.8) is 0 Å². The van der Waals surface area contributed by atoms with Crippen molar-refractivity contribution in [2.24, 2.45) is 0 Å². The molecule has 0 aliphatic rings. The van der Waals surface area contributed by atoms with Crippen LogP contribution in [0.3, 0.4) is 0 Å². The summed E-state index contributed by atoms with van der Waals surface area (Å²) in [5, 5.41) is 0. The SMILES string of the molecule is Nc1cc(-c2cncn2CCc2ccccn2)ccn1. The van der Waals surface area contributed by atoms with Gasteiger partial charge in [-0.25, -0.2) is 9.97 Å². The van der Waals surface area contributed by atoms with Crippen LogP contribution in [-0.4, -0.2) is 19.5 Å². The Morgan fingerprint density at radius 1 is 1.10 bits per heavy atom. The molecule has 5 nitrogen and oxygen atoms in total. The molecular weight excluding hydrogens is 250 g/mol. The average Bonchev–Trinajstić information content (AvgIpc) is 2.95. The lowest BCUT2D eigenvalue weighted by molar-refractivity contribution is 0.690. The van der Waals surface area contributed by atoms with Crippen LogP contribution in [0.1, 0.15) is 5.69 Å². The van der Waals surface area contributed by atoms with Gasteiger partial charge in [0.2, 0.25) is 0 Å². The van der Waals surface area contributed by atoms with Crippen molar-refractivity contribution in [3.8, 4) is 11.3 Å². The molecular formula is C15H15N5. The van der Waals surface area contributed by atoms with Crippen LogP contribution in [-0.2, 0) is 13.0 Å². The first-order valence-electron chi connectivity index (χ1n) is 6.45. The van der Waals surface area contributed by atoms with Gasteiger partial charge in [-0.3, -0.25) is 4.98 Å². The maximum absolute atomic E-state index is 5.73.